The van der Waals surface area contributed by atoms with E-state index >= 15 is 0 Å². The Morgan fingerprint density at radius 2 is 1.79 bits per heavy atom. The van der Waals surface area contributed by atoms with Crippen LogP contribution in [0.4, 0.5) is 24.5 Å². The van der Waals surface area contributed by atoms with Crippen LogP contribution in [0.25, 0.3) is 0 Å². The molecule has 4 heterocycles. The van der Waals surface area contributed by atoms with E-state index in [1.807, 2.05) is 17.9 Å². The molecule has 0 radical (unpaired) electrons. The van der Waals surface area contributed by atoms with Gasteiger partial charge >= 0.3 is 6.18 Å². The largest absolute Gasteiger partial charge is 0.418 e. The van der Waals surface area contributed by atoms with Gasteiger partial charge in [0.2, 0.25) is 17.7 Å². The number of alkyl halides is 3. The van der Waals surface area contributed by atoms with Crippen LogP contribution in [0.5, 0.6) is 0 Å². The number of halogens is 3. The molecule has 4 unspecified atom stereocenters. The third kappa shape index (κ3) is 2.35. The fourth-order valence-electron chi connectivity index (χ4n) is 6.52. The summed E-state index contributed by atoms with van der Waals surface area (Å²) < 4.78 is 41.2. The third-order valence-electron chi connectivity index (χ3n) is 7.69. The van der Waals surface area contributed by atoms with Crippen molar-refractivity contribution in [1.29, 1.82) is 0 Å². The topological polar surface area (TPSA) is 69.7 Å². The number of para-hydroxylation sites is 2. The molecule has 2 aromatic carbocycles. The van der Waals surface area contributed by atoms with Gasteiger partial charge in [-0.2, -0.15) is 13.2 Å². The zero-order valence-electron chi connectivity index (χ0n) is 17.6. The quantitative estimate of drug-likeness (QED) is 0.669. The molecular formula is C24H20F3N3O3. The van der Waals surface area contributed by atoms with Gasteiger partial charge in [0.05, 0.1) is 23.1 Å². The van der Waals surface area contributed by atoms with Crippen LogP contribution in [-0.2, 0) is 26.1 Å². The van der Waals surface area contributed by atoms with Crippen LogP contribution in [0.1, 0.15) is 29.5 Å². The lowest BCUT2D eigenvalue weighted by Crippen LogP contribution is -2.54. The van der Waals surface area contributed by atoms with E-state index in [2.05, 4.69) is 5.32 Å². The minimum Gasteiger partial charge on any atom is -0.324 e. The summed E-state index contributed by atoms with van der Waals surface area (Å²) in [5.41, 5.74) is -0.856. The second-order valence-corrected chi connectivity index (χ2v) is 9.15. The van der Waals surface area contributed by atoms with Crippen molar-refractivity contribution in [3.8, 4) is 0 Å². The van der Waals surface area contributed by atoms with Crippen molar-refractivity contribution in [1.82, 2.24) is 4.90 Å². The van der Waals surface area contributed by atoms with E-state index in [4.69, 9.17) is 0 Å². The summed E-state index contributed by atoms with van der Waals surface area (Å²) in [5, 5.41) is 2.91. The number of nitrogens with zero attached hydrogens (tertiary/aromatic N) is 2. The van der Waals surface area contributed by atoms with E-state index in [0.29, 0.717) is 29.1 Å². The Hall–Kier alpha value is -3.20. The smallest absolute Gasteiger partial charge is 0.324 e. The summed E-state index contributed by atoms with van der Waals surface area (Å²) >= 11 is 0. The molecule has 33 heavy (non-hydrogen) atoms. The number of hydrogen-bond acceptors (Lipinski definition) is 4. The maximum atomic E-state index is 13.8. The minimum atomic E-state index is -4.74. The Morgan fingerprint density at radius 3 is 2.55 bits per heavy atom. The van der Waals surface area contributed by atoms with Gasteiger partial charge < -0.3 is 5.32 Å². The standard InChI is InChI=1S/C24H20F3N3O3/c1-12-6-4-8-14-19(12)28-22(33)23(14)18-17(16-10-5-11-29(16)23)20(31)30(21(18)32)15-9-3-2-7-13(15)24(25,26)27/h2-4,6-9,16-18H,5,10-11H2,1H3,(H,28,33). The molecular weight excluding hydrogens is 435 g/mol. The van der Waals surface area contributed by atoms with Gasteiger partial charge in [-0.1, -0.05) is 30.3 Å². The zero-order chi connectivity index (χ0) is 23.3. The van der Waals surface area contributed by atoms with Gasteiger partial charge in [-0.05, 0) is 44.0 Å². The highest BCUT2D eigenvalue weighted by molar-refractivity contribution is 6.26. The minimum absolute atomic E-state index is 0.383. The molecule has 0 aromatic heterocycles. The lowest BCUT2D eigenvalue weighted by atomic mass is 9.75. The molecule has 0 bridgehead atoms. The molecule has 4 aliphatic heterocycles. The van der Waals surface area contributed by atoms with Gasteiger partial charge in [0, 0.05) is 17.3 Å². The maximum Gasteiger partial charge on any atom is 0.418 e. The average molecular weight is 455 g/mol. The Labute approximate surface area is 187 Å². The molecule has 170 valence electrons. The molecule has 4 aliphatic rings. The Bertz CT molecular complexity index is 1240. The number of fused-ring (bicyclic) bond motifs is 7. The normalized spacial score (nSPS) is 30.7. The first kappa shape index (κ1) is 20.4. The van der Waals surface area contributed by atoms with E-state index in [1.54, 1.807) is 12.1 Å². The Balaban J connectivity index is 1.57. The fraction of sp³-hybridized carbons (Fsp3) is 0.375. The maximum absolute atomic E-state index is 13.8. The fourth-order valence-corrected chi connectivity index (χ4v) is 6.52. The number of hydrogen-bond donors (Lipinski definition) is 1. The lowest BCUT2D eigenvalue weighted by Gasteiger charge is -2.36. The third-order valence-corrected chi connectivity index (χ3v) is 7.69. The summed E-state index contributed by atoms with van der Waals surface area (Å²) in [7, 11) is 0. The molecule has 9 heteroatoms. The second kappa shape index (κ2) is 6.44. The monoisotopic (exact) mass is 455 g/mol. The highest BCUT2D eigenvalue weighted by Crippen LogP contribution is 2.61. The predicted molar refractivity (Wildman–Crippen MR) is 112 cm³/mol. The highest BCUT2D eigenvalue weighted by Gasteiger charge is 2.74. The van der Waals surface area contributed by atoms with Crippen molar-refractivity contribution in [2.45, 2.75) is 37.5 Å². The SMILES string of the molecule is Cc1cccc2c1NC(=O)C21C2C(=O)N(c3ccccc3C(F)(F)F)C(=O)C2C2CCCN21. The van der Waals surface area contributed by atoms with Crippen LogP contribution < -0.4 is 10.2 Å². The van der Waals surface area contributed by atoms with Crippen molar-refractivity contribution in [3.05, 3.63) is 59.2 Å². The van der Waals surface area contributed by atoms with Crippen molar-refractivity contribution < 1.29 is 27.6 Å². The number of benzene rings is 2. The molecule has 6 nitrogen and oxygen atoms in total. The van der Waals surface area contributed by atoms with Gasteiger partial charge in [0.15, 0.2) is 0 Å². The molecule has 3 saturated heterocycles. The van der Waals surface area contributed by atoms with Crippen LogP contribution in [0.3, 0.4) is 0 Å². The summed E-state index contributed by atoms with van der Waals surface area (Å²) in [4.78, 5) is 43.7. The number of nitrogens with one attached hydrogen (secondary N) is 1. The van der Waals surface area contributed by atoms with E-state index in [0.717, 1.165) is 24.1 Å². The lowest BCUT2D eigenvalue weighted by molar-refractivity contribution is -0.138. The number of rotatable bonds is 1. The van der Waals surface area contributed by atoms with Crippen LogP contribution in [0.15, 0.2) is 42.5 Å². The Kier molecular flexibility index (Phi) is 3.98. The molecule has 6 rings (SSSR count). The van der Waals surface area contributed by atoms with Crippen LogP contribution in [0.2, 0.25) is 0 Å². The second-order valence-electron chi connectivity index (χ2n) is 9.15. The van der Waals surface area contributed by atoms with Gasteiger partial charge in [-0.15, -0.1) is 0 Å². The van der Waals surface area contributed by atoms with Crippen molar-refractivity contribution in [2.24, 2.45) is 11.8 Å². The summed E-state index contributed by atoms with van der Waals surface area (Å²) in [5.74, 6) is -3.76. The molecule has 3 amide bonds. The van der Waals surface area contributed by atoms with Crippen molar-refractivity contribution in [2.75, 3.05) is 16.8 Å². The number of imide groups is 1. The first-order valence-electron chi connectivity index (χ1n) is 10.9. The van der Waals surface area contributed by atoms with Crippen LogP contribution in [0, 0.1) is 18.8 Å². The van der Waals surface area contributed by atoms with Gasteiger partial charge in [-0.3, -0.25) is 19.3 Å². The zero-order valence-corrected chi connectivity index (χ0v) is 17.6. The predicted octanol–water partition coefficient (Wildman–Crippen LogP) is 3.45. The number of aryl methyl sites for hydroxylation is 1. The Morgan fingerprint density at radius 1 is 1.03 bits per heavy atom. The summed E-state index contributed by atoms with van der Waals surface area (Å²) in [6, 6.07) is 9.65. The molecule has 1 N–H and O–H groups in total. The van der Waals surface area contributed by atoms with E-state index in [1.165, 1.54) is 12.1 Å². The van der Waals surface area contributed by atoms with Gasteiger partial charge in [-0.25, -0.2) is 4.90 Å². The number of anilines is 2. The molecule has 1 spiro atoms. The van der Waals surface area contributed by atoms with Gasteiger partial charge in [0.1, 0.15) is 5.54 Å². The van der Waals surface area contributed by atoms with E-state index < -0.39 is 52.5 Å². The number of carbonyl (C=O) groups excluding carboxylic acids is 3. The van der Waals surface area contributed by atoms with Crippen LogP contribution >= 0.6 is 0 Å². The van der Waals surface area contributed by atoms with E-state index in [9.17, 15) is 27.6 Å². The number of amides is 3. The summed E-state index contributed by atoms with van der Waals surface area (Å²) in [6.07, 6.45) is -3.39. The molecule has 4 atom stereocenters. The molecule has 0 saturated carbocycles. The first-order chi connectivity index (χ1) is 15.7. The van der Waals surface area contributed by atoms with Crippen molar-refractivity contribution >= 4 is 29.1 Å². The number of carbonyl (C=O) groups is 3. The molecule has 2 aromatic rings. The average Bonchev–Trinajstić information content (AvgIpc) is 3.47. The summed E-state index contributed by atoms with van der Waals surface area (Å²) in [6.45, 7) is 2.39. The molecule has 3 fully saturated rings. The molecule has 0 aliphatic carbocycles. The van der Waals surface area contributed by atoms with Crippen LogP contribution in [-0.4, -0.2) is 35.2 Å². The first-order valence-corrected chi connectivity index (χ1v) is 10.9. The van der Waals surface area contributed by atoms with E-state index in [-0.39, 0.29) is 6.04 Å². The van der Waals surface area contributed by atoms with Crippen molar-refractivity contribution in [3.63, 3.8) is 0 Å². The highest BCUT2D eigenvalue weighted by atomic mass is 19.4. The van der Waals surface area contributed by atoms with Gasteiger partial charge in [0.25, 0.3) is 0 Å².